The molecule has 1 N–H and O–H groups in total. The summed E-state index contributed by atoms with van der Waals surface area (Å²) >= 11 is 0. The van der Waals surface area contributed by atoms with Crippen LogP contribution in [0.4, 0.5) is 0 Å². The third-order valence-electron chi connectivity index (χ3n) is 3.25. The number of aromatic nitrogens is 2. The quantitative estimate of drug-likeness (QED) is 0.729. The summed E-state index contributed by atoms with van der Waals surface area (Å²) in [5.74, 6) is 0.951. The van der Waals surface area contributed by atoms with Crippen molar-refractivity contribution in [1.29, 1.82) is 0 Å². The molecule has 2 rings (SSSR count). The number of nitrogens with one attached hydrogen (secondary N) is 1. The first-order valence-electron chi connectivity index (χ1n) is 6.80. The number of hydrogen-bond donors (Lipinski definition) is 1. The lowest BCUT2D eigenvalue weighted by Crippen LogP contribution is -2.33. The summed E-state index contributed by atoms with van der Waals surface area (Å²) in [6.45, 7) is 2.32. The van der Waals surface area contributed by atoms with Crippen molar-refractivity contribution in [2.75, 3.05) is 19.5 Å². The van der Waals surface area contributed by atoms with Gasteiger partial charge < -0.3 is 4.74 Å². The monoisotopic (exact) mass is 299 g/mol. The lowest BCUT2D eigenvalue weighted by molar-refractivity contribution is 0.199. The molecule has 1 aromatic rings. The van der Waals surface area contributed by atoms with Crippen LogP contribution in [0.15, 0.2) is 12.3 Å². The van der Waals surface area contributed by atoms with Crippen molar-refractivity contribution < 1.29 is 13.2 Å². The Hall–Kier alpha value is -1.05. The van der Waals surface area contributed by atoms with E-state index in [1.165, 1.54) is 0 Å². The predicted molar refractivity (Wildman–Crippen MR) is 75.6 cm³/mol. The van der Waals surface area contributed by atoms with Crippen molar-refractivity contribution in [2.24, 2.45) is 5.92 Å². The third-order valence-corrected chi connectivity index (χ3v) is 4.69. The van der Waals surface area contributed by atoms with Gasteiger partial charge in [0.05, 0.1) is 11.8 Å². The summed E-state index contributed by atoms with van der Waals surface area (Å²) < 4.78 is 31.8. The van der Waals surface area contributed by atoms with Gasteiger partial charge in [0.2, 0.25) is 10.0 Å². The van der Waals surface area contributed by atoms with E-state index >= 15 is 0 Å². The van der Waals surface area contributed by atoms with Crippen molar-refractivity contribution >= 4 is 10.0 Å². The zero-order chi connectivity index (χ0) is 14.6. The molecule has 7 heteroatoms. The molecule has 0 unspecified atom stereocenters. The number of nitrogens with zero attached hydrogens (tertiary/aromatic N) is 2. The molecule has 0 spiro atoms. The molecule has 0 aromatic carbocycles. The van der Waals surface area contributed by atoms with Crippen LogP contribution in [0.3, 0.4) is 0 Å². The smallest absolute Gasteiger partial charge is 0.212 e. The average Bonchev–Trinajstić information content (AvgIpc) is 3.20. The Morgan fingerprint density at radius 3 is 2.85 bits per heavy atom. The van der Waals surface area contributed by atoms with Gasteiger partial charge in [0.1, 0.15) is 5.82 Å². The van der Waals surface area contributed by atoms with Crippen LogP contribution in [-0.4, -0.2) is 37.9 Å². The van der Waals surface area contributed by atoms with Crippen LogP contribution in [-0.2, 0) is 14.8 Å². The normalized spacial score (nSPS) is 17.1. The topological polar surface area (TPSA) is 81.2 Å². The first-order valence-corrected chi connectivity index (χ1v) is 8.45. The van der Waals surface area contributed by atoms with Crippen molar-refractivity contribution in [1.82, 2.24) is 14.7 Å². The molecule has 20 heavy (non-hydrogen) atoms. The molecule has 1 aliphatic rings. The van der Waals surface area contributed by atoms with Crippen molar-refractivity contribution in [3.8, 4) is 0 Å². The largest absolute Gasteiger partial charge is 0.385 e. The van der Waals surface area contributed by atoms with Crippen LogP contribution in [0.1, 0.15) is 36.8 Å². The Balaban J connectivity index is 2.06. The van der Waals surface area contributed by atoms with E-state index in [2.05, 4.69) is 14.7 Å². The Morgan fingerprint density at radius 2 is 2.25 bits per heavy atom. The van der Waals surface area contributed by atoms with Gasteiger partial charge in [-0.2, -0.15) is 0 Å². The SMILES string of the molecule is COCCCS(=O)(=O)N[C@@H](c1nccc(C)n1)C1CC1. The Labute approximate surface area is 120 Å². The molecule has 0 saturated heterocycles. The first kappa shape index (κ1) is 15.3. The van der Waals surface area contributed by atoms with Crippen LogP contribution >= 0.6 is 0 Å². The van der Waals surface area contributed by atoms with Gasteiger partial charge in [0.15, 0.2) is 0 Å². The van der Waals surface area contributed by atoms with E-state index in [1.807, 2.05) is 6.92 Å². The highest BCUT2D eigenvalue weighted by atomic mass is 32.2. The lowest BCUT2D eigenvalue weighted by Gasteiger charge is -2.17. The summed E-state index contributed by atoms with van der Waals surface area (Å²) in [5.41, 5.74) is 0.847. The fourth-order valence-electron chi connectivity index (χ4n) is 2.05. The fraction of sp³-hybridized carbons (Fsp3) is 0.692. The van der Waals surface area contributed by atoms with Gasteiger partial charge in [-0.25, -0.2) is 23.1 Å². The third kappa shape index (κ3) is 4.50. The lowest BCUT2D eigenvalue weighted by atomic mass is 10.2. The molecule has 1 saturated carbocycles. The molecule has 1 fully saturated rings. The van der Waals surface area contributed by atoms with Gasteiger partial charge in [-0.3, -0.25) is 0 Å². The van der Waals surface area contributed by atoms with Crippen LogP contribution in [0.2, 0.25) is 0 Å². The van der Waals surface area contributed by atoms with Crippen molar-refractivity contribution in [3.63, 3.8) is 0 Å². The van der Waals surface area contributed by atoms with Crippen molar-refractivity contribution in [2.45, 2.75) is 32.2 Å². The van der Waals surface area contributed by atoms with Gasteiger partial charge in [-0.05, 0) is 38.2 Å². The van der Waals surface area contributed by atoms with E-state index in [0.717, 1.165) is 18.5 Å². The molecular formula is C13H21N3O3S. The minimum atomic E-state index is -3.33. The minimum absolute atomic E-state index is 0.0654. The number of rotatable bonds is 8. The number of sulfonamides is 1. The Kier molecular flexibility index (Phi) is 5.06. The molecule has 1 aromatic heterocycles. The van der Waals surface area contributed by atoms with Gasteiger partial charge in [-0.15, -0.1) is 0 Å². The van der Waals surface area contributed by atoms with Crippen molar-refractivity contribution in [3.05, 3.63) is 23.8 Å². The van der Waals surface area contributed by atoms with E-state index < -0.39 is 10.0 Å². The standard InChI is InChI=1S/C13H21N3O3S/c1-10-6-7-14-13(15-10)12(11-4-5-11)16-20(17,18)9-3-8-19-2/h6-7,11-12,16H,3-5,8-9H2,1-2H3/t12-/m1/s1. The highest BCUT2D eigenvalue weighted by Gasteiger charge is 2.36. The maximum atomic E-state index is 12.1. The van der Waals surface area contributed by atoms with Crippen LogP contribution in [0.5, 0.6) is 0 Å². The van der Waals surface area contributed by atoms with E-state index in [-0.39, 0.29) is 11.8 Å². The minimum Gasteiger partial charge on any atom is -0.385 e. The molecule has 0 amide bonds. The van der Waals surface area contributed by atoms with Gasteiger partial charge in [0, 0.05) is 25.6 Å². The Bertz CT molecular complexity index is 544. The molecule has 0 radical (unpaired) electrons. The zero-order valence-corrected chi connectivity index (χ0v) is 12.7. The van der Waals surface area contributed by atoms with E-state index in [4.69, 9.17) is 4.74 Å². The van der Waals surface area contributed by atoms with Crippen LogP contribution in [0.25, 0.3) is 0 Å². The number of hydrogen-bond acceptors (Lipinski definition) is 5. The van der Waals surface area contributed by atoms with E-state index in [1.54, 1.807) is 19.4 Å². The van der Waals surface area contributed by atoms with Crippen LogP contribution < -0.4 is 4.72 Å². The summed E-state index contributed by atoms with van der Waals surface area (Å²) in [7, 11) is -1.77. The molecule has 1 heterocycles. The van der Waals surface area contributed by atoms with E-state index in [9.17, 15) is 8.42 Å². The first-order chi connectivity index (χ1) is 9.52. The second kappa shape index (κ2) is 6.60. The summed E-state index contributed by atoms with van der Waals surface area (Å²) in [4.78, 5) is 8.57. The fourth-order valence-corrected chi connectivity index (χ4v) is 3.35. The Morgan fingerprint density at radius 1 is 1.50 bits per heavy atom. The molecule has 112 valence electrons. The molecule has 0 aliphatic heterocycles. The summed E-state index contributed by atoms with van der Waals surface area (Å²) in [5, 5.41) is 0. The zero-order valence-electron chi connectivity index (χ0n) is 11.9. The van der Waals surface area contributed by atoms with Gasteiger partial charge >= 0.3 is 0 Å². The van der Waals surface area contributed by atoms with E-state index in [0.29, 0.717) is 24.8 Å². The molecule has 6 nitrogen and oxygen atoms in total. The molecule has 0 bridgehead atoms. The maximum absolute atomic E-state index is 12.1. The number of aryl methyl sites for hydroxylation is 1. The molecule has 1 aliphatic carbocycles. The summed E-state index contributed by atoms with van der Waals surface area (Å²) in [6.07, 6.45) is 4.19. The van der Waals surface area contributed by atoms with Gasteiger partial charge in [0.25, 0.3) is 0 Å². The predicted octanol–water partition coefficient (Wildman–Crippen LogP) is 1.19. The second-order valence-corrected chi connectivity index (χ2v) is 7.03. The number of ether oxygens (including phenoxy) is 1. The summed E-state index contributed by atoms with van der Waals surface area (Å²) in [6, 6.07) is 1.50. The average molecular weight is 299 g/mol. The second-order valence-electron chi connectivity index (χ2n) is 5.15. The number of methoxy groups -OCH3 is 1. The molecule has 1 atom stereocenters. The van der Waals surface area contributed by atoms with Crippen LogP contribution in [0, 0.1) is 12.8 Å². The van der Waals surface area contributed by atoms with Gasteiger partial charge in [-0.1, -0.05) is 0 Å². The highest BCUT2D eigenvalue weighted by molar-refractivity contribution is 7.89. The maximum Gasteiger partial charge on any atom is 0.212 e. The highest BCUT2D eigenvalue weighted by Crippen LogP contribution is 2.40. The molecular weight excluding hydrogens is 278 g/mol.